The Hall–Kier alpha value is -2.01. The molecule has 0 aromatic heterocycles. The first kappa shape index (κ1) is 24.6. The van der Waals surface area contributed by atoms with Crippen molar-refractivity contribution in [2.24, 2.45) is 0 Å². The smallest absolute Gasteiger partial charge is 0.229 e. The molecule has 0 aliphatic heterocycles. The van der Waals surface area contributed by atoms with Gasteiger partial charge in [0.2, 0.25) is 0 Å². The third-order valence-electron chi connectivity index (χ3n) is 6.03. The molecule has 32 heavy (non-hydrogen) atoms. The molecule has 0 radical (unpaired) electrons. The fraction of sp³-hybridized carbons (Fsp3) is 0.429. The fourth-order valence-electron chi connectivity index (χ4n) is 4.19. The highest BCUT2D eigenvalue weighted by Crippen LogP contribution is 2.44. The summed E-state index contributed by atoms with van der Waals surface area (Å²) in [5, 5.41) is -0.782. The Labute approximate surface area is 183 Å². The summed E-state index contributed by atoms with van der Waals surface area (Å²) in [5.74, 6) is -1.59. The van der Waals surface area contributed by atoms with Crippen LogP contribution in [-0.2, 0) is 32.3 Å². The second-order valence-corrected chi connectivity index (χ2v) is 12.8. The molecule has 1 aliphatic rings. The topological polar surface area (TPSA) is 68.3 Å². The molecule has 0 spiro atoms. The molecule has 1 fully saturated rings. The van der Waals surface area contributed by atoms with Crippen molar-refractivity contribution < 1.29 is 38.8 Å². The predicted octanol–water partition coefficient (Wildman–Crippen LogP) is 4.73. The summed E-state index contributed by atoms with van der Waals surface area (Å²) in [6, 6.07) is 5.59. The number of sulfone groups is 2. The van der Waals surface area contributed by atoms with Crippen LogP contribution in [0.4, 0.5) is 22.0 Å². The zero-order valence-corrected chi connectivity index (χ0v) is 18.6. The van der Waals surface area contributed by atoms with Crippen LogP contribution >= 0.6 is 0 Å². The van der Waals surface area contributed by atoms with Crippen molar-refractivity contribution in [1.82, 2.24) is 0 Å². The number of benzene rings is 2. The Morgan fingerprint density at radius 2 is 1.50 bits per heavy atom. The molecule has 1 saturated carbocycles. The molecule has 0 saturated heterocycles. The first-order valence-corrected chi connectivity index (χ1v) is 13.1. The van der Waals surface area contributed by atoms with Crippen LogP contribution in [0.5, 0.6) is 0 Å². The van der Waals surface area contributed by atoms with Crippen molar-refractivity contribution in [2.75, 3.05) is 6.26 Å². The maximum absolute atomic E-state index is 14.4. The van der Waals surface area contributed by atoms with Crippen molar-refractivity contribution in [1.29, 1.82) is 0 Å². The van der Waals surface area contributed by atoms with E-state index < -0.39 is 59.5 Å². The van der Waals surface area contributed by atoms with Crippen LogP contribution in [0.25, 0.3) is 0 Å². The van der Waals surface area contributed by atoms with Crippen LogP contribution in [0.1, 0.15) is 36.8 Å². The van der Waals surface area contributed by atoms with E-state index in [9.17, 15) is 38.8 Å². The van der Waals surface area contributed by atoms with Crippen LogP contribution < -0.4 is 0 Å². The van der Waals surface area contributed by atoms with E-state index in [1.165, 1.54) is 0 Å². The lowest BCUT2D eigenvalue weighted by Crippen LogP contribution is -2.46. The fourth-order valence-corrected chi connectivity index (χ4v) is 7.39. The third-order valence-corrected chi connectivity index (χ3v) is 10.3. The molecular weight excluding hydrogens is 475 g/mol. The first-order chi connectivity index (χ1) is 14.7. The van der Waals surface area contributed by atoms with E-state index in [0.717, 1.165) is 36.6 Å². The Kier molecular flexibility index (Phi) is 6.47. The summed E-state index contributed by atoms with van der Waals surface area (Å²) in [5.41, 5.74) is -1.22. The minimum atomic E-state index is -4.65. The Morgan fingerprint density at radius 1 is 0.938 bits per heavy atom. The second kappa shape index (κ2) is 8.40. The molecule has 3 rings (SSSR count). The van der Waals surface area contributed by atoms with Crippen LogP contribution in [0.15, 0.2) is 47.4 Å². The molecule has 0 unspecified atom stereocenters. The minimum Gasteiger partial charge on any atom is -0.229 e. The molecule has 1 aliphatic carbocycles. The van der Waals surface area contributed by atoms with E-state index in [4.69, 9.17) is 0 Å². The lowest BCUT2D eigenvalue weighted by Gasteiger charge is -2.39. The van der Waals surface area contributed by atoms with Gasteiger partial charge in [0.05, 0.1) is 20.5 Å². The standard InChI is InChI=1S/C21H21F5O4S2/c1-31(27,28)17-8-10-20(11-9-17,13-14-12-16(22)4-7-19(14)23)32(29,30)18-5-2-15(3-6-18)21(24,25)26/h2-7,12,17H,8-11,13H2,1H3. The minimum absolute atomic E-state index is 0.0182. The molecular formula is C21H21F5O4S2. The van der Waals surface area contributed by atoms with Gasteiger partial charge in [0.25, 0.3) is 0 Å². The van der Waals surface area contributed by atoms with Crippen molar-refractivity contribution >= 4 is 19.7 Å². The molecule has 0 N–H and O–H groups in total. The van der Waals surface area contributed by atoms with Crippen LogP contribution in [0.2, 0.25) is 0 Å². The van der Waals surface area contributed by atoms with Crippen LogP contribution in [0.3, 0.4) is 0 Å². The zero-order valence-electron chi connectivity index (χ0n) is 17.0. The highest BCUT2D eigenvalue weighted by Gasteiger charge is 2.49. The number of hydrogen-bond donors (Lipinski definition) is 0. The molecule has 0 amide bonds. The summed E-state index contributed by atoms with van der Waals surface area (Å²) in [4.78, 5) is -0.389. The van der Waals surface area contributed by atoms with Gasteiger partial charge in [0.1, 0.15) is 21.5 Å². The molecule has 0 bridgehead atoms. The molecule has 0 atom stereocenters. The van der Waals surface area contributed by atoms with Gasteiger partial charge in [-0.1, -0.05) is 0 Å². The summed E-state index contributed by atoms with van der Waals surface area (Å²) < 4.78 is 116. The number of rotatable bonds is 5. The largest absolute Gasteiger partial charge is 0.416 e. The first-order valence-electron chi connectivity index (χ1n) is 9.70. The van der Waals surface area contributed by atoms with Gasteiger partial charge in [-0.2, -0.15) is 13.2 Å². The monoisotopic (exact) mass is 496 g/mol. The molecule has 4 nitrogen and oxygen atoms in total. The van der Waals surface area contributed by atoms with Gasteiger partial charge in [0, 0.05) is 6.26 Å². The summed E-state index contributed by atoms with van der Waals surface area (Å²) in [7, 11) is -7.78. The maximum atomic E-state index is 14.4. The quantitative estimate of drug-likeness (QED) is 0.562. The van der Waals surface area contributed by atoms with Crippen LogP contribution in [-0.4, -0.2) is 33.1 Å². The summed E-state index contributed by atoms with van der Waals surface area (Å²) in [6.07, 6.45) is -4.41. The average Bonchev–Trinajstić information content (AvgIpc) is 2.70. The summed E-state index contributed by atoms with van der Waals surface area (Å²) in [6.45, 7) is 0. The maximum Gasteiger partial charge on any atom is 0.416 e. The lowest BCUT2D eigenvalue weighted by atomic mass is 9.83. The van der Waals surface area contributed by atoms with Gasteiger partial charge in [-0.25, -0.2) is 25.6 Å². The van der Waals surface area contributed by atoms with Crippen molar-refractivity contribution in [3.8, 4) is 0 Å². The van der Waals surface area contributed by atoms with Gasteiger partial charge in [-0.15, -0.1) is 0 Å². The number of hydrogen-bond acceptors (Lipinski definition) is 4. The molecule has 2 aromatic carbocycles. The van der Waals surface area contributed by atoms with E-state index in [1.807, 2.05) is 0 Å². The molecule has 2 aromatic rings. The average molecular weight is 497 g/mol. The highest BCUT2D eigenvalue weighted by atomic mass is 32.2. The lowest BCUT2D eigenvalue weighted by molar-refractivity contribution is -0.137. The summed E-state index contributed by atoms with van der Waals surface area (Å²) >= 11 is 0. The van der Waals surface area contributed by atoms with Gasteiger partial charge >= 0.3 is 6.18 Å². The van der Waals surface area contributed by atoms with E-state index in [0.29, 0.717) is 12.1 Å². The van der Waals surface area contributed by atoms with Crippen molar-refractivity contribution in [3.05, 3.63) is 65.2 Å². The van der Waals surface area contributed by atoms with Crippen molar-refractivity contribution in [2.45, 2.75) is 53.2 Å². The molecule has 0 heterocycles. The van der Waals surface area contributed by atoms with Crippen LogP contribution in [0, 0.1) is 11.6 Å². The van der Waals surface area contributed by atoms with Gasteiger partial charge in [0.15, 0.2) is 9.84 Å². The van der Waals surface area contributed by atoms with Gasteiger partial charge in [-0.05, 0) is 80.1 Å². The van der Waals surface area contributed by atoms with E-state index in [2.05, 4.69) is 0 Å². The molecule has 11 heteroatoms. The van der Waals surface area contributed by atoms with E-state index >= 15 is 0 Å². The number of alkyl halides is 3. The van der Waals surface area contributed by atoms with E-state index in [1.54, 1.807) is 0 Å². The normalized spacial score (nSPS) is 22.6. The SMILES string of the molecule is CS(=O)(=O)C1CCC(Cc2cc(F)ccc2F)(S(=O)(=O)c2ccc(C(F)(F)F)cc2)CC1. The molecule has 176 valence electrons. The Bertz CT molecular complexity index is 1200. The number of halogens is 5. The Balaban J connectivity index is 2.07. The highest BCUT2D eigenvalue weighted by molar-refractivity contribution is 7.93. The van der Waals surface area contributed by atoms with Crippen molar-refractivity contribution in [3.63, 3.8) is 0 Å². The van der Waals surface area contributed by atoms with Gasteiger partial charge < -0.3 is 0 Å². The van der Waals surface area contributed by atoms with E-state index in [-0.39, 0.29) is 36.1 Å². The second-order valence-electron chi connectivity index (χ2n) is 8.15. The zero-order chi connectivity index (χ0) is 23.9. The third kappa shape index (κ3) is 4.83. The Morgan fingerprint density at radius 3 is 2.00 bits per heavy atom. The predicted molar refractivity (Wildman–Crippen MR) is 109 cm³/mol. The van der Waals surface area contributed by atoms with Gasteiger partial charge in [-0.3, -0.25) is 0 Å².